The normalized spacial score (nSPS) is 17.2. The SMILES string of the molecule is CCOC(=O)C=C(c1ccc(F)cc1)C1(F)CCN(C(=O)OC(C)(C)C)CC1. The molecule has 154 valence electrons. The molecule has 0 spiro atoms. The van der Waals surface area contributed by atoms with Crippen LogP contribution in [0.4, 0.5) is 13.6 Å². The Kier molecular flexibility index (Phi) is 6.80. The van der Waals surface area contributed by atoms with Crippen molar-refractivity contribution in [1.29, 1.82) is 0 Å². The fourth-order valence-electron chi connectivity index (χ4n) is 3.04. The van der Waals surface area contributed by atoms with E-state index in [9.17, 15) is 14.0 Å². The second-order valence-electron chi connectivity index (χ2n) is 7.75. The predicted molar refractivity (Wildman–Crippen MR) is 102 cm³/mol. The molecule has 0 radical (unpaired) electrons. The number of alkyl halides is 1. The molecule has 1 amide bonds. The maximum absolute atomic E-state index is 15.8. The van der Waals surface area contributed by atoms with Crippen molar-refractivity contribution in [2.24, 2.45) is 0 Å². The summed E-state index contributed by atoms with van der Waals surface area (Å²) >= 11 is 0. The molecule has 1 saturated heterocycles. The van der Waals surface area contributed by atoms with Crippen molar-refractivity contribution < 1.29 is 27.8 Å². The minimum absolute atomic E-state index is 0.00510. The number of halogens is 2. The first-order valence-electron chi connectivity index (χ1n) is 9.36. The molecular weight excluding hydrogens is 368 g/mol. The molecule has 1 aliphatic rings. The van der Waals surface area contributed by atoms with E-state index in [1.54, 1.807) is 27.7 Å². The highest BCUT2D eigenvalue weighted by atomic mass is 19.1. The van der Waals surface area contributed by atoms with E-state index in [1.165, 1.54) is 29.2 Å². The van der Waals surface area contributed by atoms with Crippen LogP contribution >= 0.6 is 0 Å². The number of benzene rings is 1. The molecule has 0 unspecified atom stereocenters. The molecule has 0 aromatic heterocycles. The Morgan fingerprint density at radius 3 is 2.25 bits per heavy atom. The third kappa shape index (κ3) is 5.78. The standard InChI is InChI=1S/C21H27F2NO4/c1-5-27-18(25)14-17(15-6-8-16(22)9-7-15)21(23)10-12-24(13-11-21)19(26)28-20(2,3)4/h6-9,14H,5,10-13H2,1-4H3. The zero-order chi connectivity index (χ0) is 20.9. The van der Waals surface area contributed by atoms with E-state index >= 15 is 4.39 Å². The van der Waals surface area contributed by atoms with E-state index in [2.05, 4.69) is 0 Å². The molecular formula is C21H27F2NO4. The molecule has 1 fully saturated rings. The van der Waals surface area contributed by atoms with Crippen LogP contribution in [0.2, 0.25) is 0 Å². The Hall–Kier alpha value is -2.44. The van der Waals surface area contributed by atoms with E-state index in [0.717, 1.165) is 6.08 Å². The number of hydrogen-bond acceptors (Lipinski definition) is 4. The van der Waals surface area contributed by atoms with Gasteiger partial charge in [0.2, 0.25) is 0 Å². The van der Waals surface area contributed by atoms with Crippen LogP contribution in [0.25, 0.3) is 5.57 Å². The lowest BCUT2D eigenvalue weighted by atomic mass is 9.82. The number of esters is 1. The van der Waals surface area contributed by atoms with E-state index in [4.69, 9.17) is 9.47 Å². The summed E-state index contributed by atoms with van der Waals surface area (Å²) in [4.78, 5) is 25.7. The van der Waals surface area contributed by atoms with Crippen LogP contribution in [0.15, 0.2) is 30.3 Å². The summed E-state index contributed by atoms with van der Waals surface area (Å²) in [5.74, 6) is -1.11. The molecule has 1 heterocycles. The number of amides is 1. The van der Waals surface area contributed by atoms with Gasteiger partial charge in [0.1, 0.15) is 17.1 Å². The molecule has 28 heavy (non-hydrogen) atoms. The minimum Gasteiger partial charge on any atom is -0.463 e. The van der Waals surface area contributed by atoms with Gasteiger partial charge < -0.3 is 14.4 Å². The van der Waals surface area contributed by atoms with Gasteiger partial charge in [0, 0.05) is 37.6 Å². The van der Waals surface area contributed by atoms with Gasteiger partial charge in [-0.15, -0.1) is 0 Å². The molecule has 0 aliphatic carbocycles. The van der Waals surface area contributed by atoms with Gasteiger partial charge in [-0.05, 0) is 45.4 Å². The lowest BCUT2D eigenvalue weighted by Gasteiger charge is -2.38. The molecule has 0 atom stereocenters. The number of rotatable bonds is 4. The van der Waals surface area contributed by atoms with E-state index in [1.807, 2.05) is 0 Å². The average molecular weight is 395 g/mol. The highest BCUT2D eigenvalue weighted by Gasteiger charge is 2.41. The first-order chi connectivity index (χ1) is 13.0. The number of piperidine rings is 1. The first kappa shape index (κ1) is 21.9. The van der Waals surface area contributed by atoms with Gasteiger partial charge in [-0.3, -0.25) is 0 Å². The molecule has 0 saturated carbocycles. The van der Waals surface area contributed by atoms with Gasteiger partial charge in [0.15, 0.2) is 0 Å². The van der Waals surface area contributed by atoms with Crippen LogP contribution in [-0.4, -0.2) is 47.9 Å². The smallest absolute Gasteiger partial charge is 0.410 e. The van der Waals surface area contributed by atoms with Crippen molar-refractivity contribution in [2.75, 3.05) is 19.7 Å². The zero-order valence-corrected chi connectivity index (χ0v) is 16.8. The molecule has 1 aromatic carbocycles. The number of allylic oxidation sites excluding steroid dienone is 1. The lowest BCUT2D eigenvalue weighted by Crippen LogP contribution is -2.46. The number of likely N-dealkylation sites (tertiary alicyclic amines) is 1. The summed E-state index contributed by atoms with van der Waals surface area (Å²) in [6.45, 7) is 7.42. The van der Waals surface area contributed by atoms with Gasteiger partial charge in [0.25, 0.3) is 0 Å². The van der Waals surface area contributed by atoms with E-state index in [-0.39, 0.29) is 38.1 Å². The number of nitrogens with zero attached hydrogens (tertiary/aromatic N) is 1. The van der Waals surface area contributed by atoms with Crippen LogP contribution in [-0.2, 0) is 14.3 Å². The molecule has 5 nitrogen and oxygen atoms in total. The molecule has 0 bridgehead atoms. The largest absolute Gasteiger partial charge is 0.463 e. The topological polar surface area (TPSA) is 55.8 Å². The number of ether oxygens (including phenoxy) is 2. The molecule has 7 heteroatoms. The summed E-state index contributed by atoms with van der Waals surface area (Å²) in [7, 11) is 0. The maximum Gasteiger partial charge on any atom is 0.410 e. The maximum atomic E-state index is 15.8. The summed E-state index contributed by atoms with van der Waals surface area (Å²) < 4.78 is 39.4. The second-order valence-corrected chi connectivity index (χ2v) is 7.75. The Morgan fingerprint density at radius 2 is 1.75 bits per heavy atom. The summed E-state index contributed by atoms with van der Waals surface area (Å²) in [5.41, 5.74) is -1.94. The predicted octanol–water partition coefficient (Wildman–Crippen LogP) is 4.51. The van der Waals surface area contributed by atoms with Crippen LogP contribution in [0.3, 0.4) is 0 Å². The van der Waals surface area contributed by atoms with Crippen LogP contribution in [0.1, 0.15) is 46.1 Å². The van der Waals surface area contributed by atoms with Gasteiger partial charge >= 0.3 is 12.1 Å². The van der Waals surface area contributed by atoms with Crippen molar-refractivity contribution in [3.05, 3.63) is 41.7 Å². The van der Waals surface area contributed by atoms with E-state index in [0.29, 0.717) is 5.56 Å². The highest BCUT2D eigenvalue weighted by molar-refractivity contribution is 5.93. The Labute approximate surface area is 164 Å². The number of carbonyl (C=O) groups excluding carboxylic acids is 2. The molecule has 1 aromatic rings. The van der Waals surface area contributed by atoms with Crippen molar-refractivity contribution in [2.45, 2.75) is 51.8 Å². The lowest BCUT2D eigenvalue weighted by molar-refractivity contribution is -0.137. The first-order valence-corrected chi connectivity index (χ1v) is 9.36. The summed E-state index contributed by atoms with van der Waals surface area (Å²) in [6.07, 6.45) is 0.621. The van der Waals surface area contributed by atoms with Crippen LogP contribution in [0, 0.1) is 5.82 Å². The molecule has 2 rings (SSSR count). The zero-order valence-electron chi connectivity index (χ0n) is 16.8. The number of hydrogen-bond donors (Lipinski definition) is 0. The van der Waals surface area contributed by atoms with Crippen LogP contribution in [0.5, 0.6) is 0 Å². The molecule has 0 N–H and O–H groups in total. The Balaban J connectivity index is 2.23. The van der Waals surface area contributed by atoms with E-state index < -0.39 is 29.1 Å². The third-order valence-corrected chi connectivity index (χ3v) is 4.39. The van der Waals surface area contributed by atoms with Crippen molar-refractivity contribution in [3.63, 3.8) is 0 Å². The summed E-state index contributed by atoms with van der Waals surface area (Å²) in [6, 6.07) is 5.30. The van der Waals surface area contributed by atoms with Gasteiger partial charge in [-0.25, -0.2) is 18.4 Å². The minimum atomic E-state index is -1.84. The fraction of sp³-hybridized carbons (Fsp3) is 0.524. The van der Waals surface area contributed by atoms with Gasteiger partial charge in [0.05, 0.1) is 6.61 Å². The monoisotopic (exact) mass is 395 g/mol. The molecule has 1 aliphatic heterocycles. The van der Waals surface area contributed by atoms with Crippen LogP contribution < -0.4 is 0 Å². The van der Waals surface area contributed by atoms with Crippen molar-refractivity contribution in [3.8, 4) is 0 Å². The number of carbonyl (C=O) groups is 2. The van der Waals surface area contributed by atoms with Gasteiger partial charge in [-0.2, -0.15) is 0 Å². The fourth-order valence-corrected chi connectivity index (χ4v) is 3.04. The Bertz CT molecular complexity index is 730. The summed E-state index contributed by atoms with van der Waals surface area (Å²) in [5, 5.41) is 0. The van der Waals surface area contributed by atoms with Crippen molar-refractivity contribution in [1.82, 2.24) is 4.90 Å². The quantitative estimate of drug-likeness (QED) is 0.556. The Morgan fingerprint density at radius 1 is 1.18 bits per heavy atom. The average Bonchev–Trinajstić information content (AvgIpc) is 2.60. The third-order valence-electron chi connectivity index (χ3n) is 4.39. The van der Waals surface area contributed by atoms with Gasteiger partial charge in [-0.1, -0.05) is 12.1 Å². The second kappa shape index (κ2) is 8.71. The van der Waals surface area contributed by atoms with Crippen molar-refractivity contribution >= 4 is 17.6 Å². The highest BCUT2D eigenvalue weighted by Crippen LogP contribution is 2.40.